The van der Waals surface area contributed by atoms with Gasteiger partial charge < -0.3 is 15.0 Å². The maximum absolute atomic E-state index is 12.3. The quantitative estimate of drug-likeness (QED) is 0.479. The second-order valence-electron chi connectivity index (χ2n) is 7.07. The molecule has 0 unspecified atom stereocenters. The molecule has 2 amide bonds. The predicted octanol–water partition coefficient (Wildman–Crippen LogP) is 2.94. The third-order valence-corrected chi connectivity index (χ3v) is 4.03. The van der Waals surface area contributed by atoms with E-state index in [1.807, 2.05) is 0 Å². The molecule has 0 bridgehead atoms. The molecule has 0 atom stereocenters. The Bertz CT molecular complexity index is 807. The molecule has 0 spiro atoms. The lowest BCUT2D eigenvalue weighted by Gasteiger charge is -2.24. The van der Waals surface area contributed by atoms with Crippen molar-refractivity contribution in [2.24, 2.45) is 0 Å². The summed E-state index contributed by atoms with van der Waals surface area (Å²) in [5, 5.41) is 13.7. The van der Waals surface area contributed by atoms with Crippen LogP contribution in [0.3, 0.4) is 0 Å². The maximum atomic E-state index is 12.3. The molecule has 1 N–H and O–H groups in total. The SMILES string of the molecule is CC(C)(C)OC(=O)N1CC/C(=C2/C(=O)Nc3ccc([N+](=O)[O-])cc32)C1. The van der Waals surface area contributed by atoms with E-state index in [9.17, 15) is 19.7 Å². The van der Waals surface area contributed by atoms with E-state index in [2.05, 4.69) is 5.32 Å². The van der Waals surface area contributed by atoms with Gasteiger partial charge in [-0.05, 0) is 38.8 Å². The lowest BCUT2D eigenvalue weighted by atomic mass is 10.00. The van der Waals surface area contributed by atoms with Gasteiger partial charge in [0.05, 0.1) is 10.5 Å². The Morgan fingerprint density at radius 3 is 2.72 bits per heavy atom. The number of carbonyl (C=O) groups excluding carboxylic acids is 2. The van der Waals surface area contributed by atoms with Crippen molar-refractivity contribution in [1.29, 1.82) is 0 Å². The molecule has 2 aliphatic rings. The fraction of sp³-hybridized carbons (Fsp3) is 0.412. The Hall–Kier alpha value is -2.90. The number of nitrogens with one attached hydrogen (secondary N) is 1. The first-order valence-electron chi connectivity index (χ1n) is 7.96. The van der Waals surface area contributed by atoms with Gasteiger partial charge in [-0.15, -0.1) is 0 Å². The van der Waals surface area contributed by atoms with Crippen molar-refractivity contribution >= 4 is 28.9 Å². The monoisotopic (exact) mass is 345 g/mol. The first-order valence-corrected chi connectivity index (χ1v) is 7.96. The number of benzene rings is 1. The van der Waals surface area contributed by atoms with E-state index in [1.54, 1.807) is 20.8 Å². The maximum Gasteiger partial charge on any atom is 0.410 e. The normalized spacial score (nSPS) is 19.6. The number of nitrogens with zero attached hydrogens (tertiary/aromatic N) is 2. The van der Waals surface area contributed by atoms with Crippen LogP contribution < -0.4 is 5.32 Å². The number of hydrogen-bond donors (Lipinski definition) is 1. The molecule has 8 heteroatoms. The van der Waals surface area contributed by atoms with Crippen LogP contribution in [-0.4, -0.2) is 40.5 Å². The van der Waals surface area contributed by atoms with Crippen LogP contribution in [0.25, 0.3) is 5.57 Å². The van der Waals surface area contributed by atoms with Gasteiger partial charge in [0.25, 0.3) is 11.6 Å². The summed E-state index contributed by atoms with van der Waals surface area (Å²) in [6, 6.07) is 4.28. The largest absolute Gasteiger partial charge is 0.444 e. The Kier molecular flexibility index (Phi) is 3.98. The predicted molar refractivity (Wildman–Crippen MR) is 91.1 cm³/mol. The highest BCUT2D eigenvalue weighted by Crippen LogP contribution is 2.38. The molecule has 2 heterocycles. The highest BCUT2D eigenvalue weighted by molar-refractivity contribution is 6.32. The van der Waals surface area contributed by atoms with Gasteiger partial charge in [-0.1, -0.05) is 0 Å². The van der Waals surface area contributed by atoms with Gasteiger partial charge in [-0.25, -0.2) is 4.79 Å². The number of nitro benzene ring substituents is 1. The molecule has 1 aromatic carbocycles. The minimum Gasteiger partial charge on any atom is -0.444 e. The smallest absolute Gasteiger partial charge is 0.410 e. The van der Waals surface area contributed by atoms with Crippen LogP contribution in [0.15, 0.2) is 23.8 Å². The number of rotatable bonds is 1. The van der Waals surface area contributed by atoms with Crippen LogP contribution in [0.5, 0.6) is 0 Å². The molecule has 3 rings (SSSR count). The van der Waals surface area contributed by atoms with E-state index >= 15 is 0 Å². The zero-order valence-electron chi connectivity index (χ0n) is 14.3. The van der Waals surface area contributed by atoms with Gasteiger partial charge in [-0.3, -0.25) is 14.9 Å². The second-order valence-corrected chi connectivity index (χ2v) is 7.07. The molecule has 0 saturated carbocycles. The van der Waals surface area contributed by atoms with Crippen molar-refractivity contribution in [2.45, 2.75) is 32.8 Å². The lowest BCUT2D eigenvalue weighted by Crippen LogP contribution is -2.34. The summed E-state index contributed by atoms with van der Waals surface area (Å²) < 4.78 is 5.35. The first-order chi connectivity index (χ1) is 11.7. The number of carbonyl (C=O) groups is 2. The fourth-order valence-electron chi connectivity index (χ4n) is 2.96. The minimum atomic E-state index is -0.592. The molecule has 8 nitrogen and oxygen atoms in total. The number of ether oxygens (including phenoxy) is 1. The molecule has 0 aliphatic carbocycles. The number of fused-ring (bicyclic) bond motifs is 1. The molecular formula is C17H19N3O5. The first kappa shape index (κ1) is 16.9. The second kappa shape index (κ2) is 5.87. The van der Waals surface area contributed by atoms with Crippen LogP contribution >= 0.6 is 0 Å². The summed E-state index contributed by atoms with van der Waals surface area (Å²) in [5.41, 5.74) is 1.60. The third-order valence-electron chi connectivity index (χ3n) is 4.03. The van der Waals surface area contributed by atoms with Crippen molar-refractivity contribution in [3.8, 4) is 0 Å². The zero-order valence-corrected chi connectivity index (χ0v) is 14.3. The average Bonchev–Trinajstić information content (AvgIpc) is 3.07. The van der Waals surface area contributed by atoms with Gasteiger partial charge >= 0.3 is 6.09 Å². The van der Waals surface area contributed by atoms with Crippen LogP contribution in [0.4, 0.5) is 16.2 Å². The highest BCUT2D eigenvalue weighted by atomic mass is 16.6. The molecule has 0 aromatic heterocycles. The van der Waals surface area contributed by atoms with E-state index in [-0.39, 0.29) is 18.1 Å². The summed E-state index contributed by atoms with van der Waals surface area (Å²) in [7, 11) is 0. The lowest BCUT2D eigenvalue weighted by molar-refractivity contribution is -0.384. The van der Waals surface area contributed by atoms with E-state index in [1.165, 1.54) is 23.1 Å². The van der Waals surface area contributed by atoms with Crippen molar-refractivity contribution in [3.05, 3.63) is 39.4 Å². The summed E-state index contributed by atoms with van der Waals surface area (Å²) in [5.74, 6) is -0.295. The summed E-state index contributed by atoms with van der Waals surface area (Å²) in [6.07, 6.45) is 0.102. The Labute approximate surface area is 144 Å². The molecular weight excluding hydrogens is 326 g/mol. The van der Waals surface area contributed by atoms with E-state index < -0.39 is 16.6 Å². The number of anilines is 1. The van der Waals surface area contributed by atoms with Gasteiger partial charge in [0, 0.05) is 36.5 Å². The summed E-state index contributed by atoms with van der Waals surface area (Å²) in [4.78, 5) is 36.6. The number of amides is 2. The zero-order chi connectivity index (χ0) is 18.4. The summed E-state index contributed by atoms with van der Waals surface area (Å²) >= 11 is 0. The molecule has 2 aliphatic heterocycles. The van der Waals surface area contributed by atoms with E-state index in [4.69, 9.17) is 4.74 Å². The number of nitro groups is 1. The Morgan fingerprint density at radius 2 is 2.08 bits per heavy atom. The standard InChI is InChI=1S/C17H19N3O5/c1-17(2,3)25-16(22)19-7-6-10(9-19)14-12-8-11(20(23)24)4-5-13(12)18-15(14)21/h4-5,8H,6-7,9H2,1-3H3,(H,18,21)/b14-10-. The molecule has 0 radical (unpaired) electrons. The van der Waals surface area contributed by atoms with Gasteiger partial charge in [0.15, 0.2) is 0 Å². The van der Waals surface area contributed by atoms with Gasteiger partial charge in [-0.2, -0.15) is 0 Å². The average molecular weight is 345 g/mol. The molecule has 1 saturated heterocycles. The Morgan fingerprint density at radius 1 is 1.36 bits per heavy atom. The fourth-order valence-corrected chi connectivity index (χ4v) is 2.96. The highest BCUT2D eigenvalue weighted by Gasteiger charge is 2.34. The molecule has 132 valence electrons. The molecule has 25 heavy (non-hydrogen) atoms. The number of non-ortho nitro benzene ring substituents is 1. The van der Waals surface area contributed by atoms with E-state index in [0.29, 0.717) is 29.8 Å². The molecule has 1 fully saturated rings. The van der Waals surface area contributed by atoms with Crippen molar-refractivity contribution in [2.75, 3.05) is 18.4 Å². The minimum absolute atomic E-state index is 0.0738. The topological polar surface area (TPSA) is 102 Å². The molecule has 1 aromatic rings. The van der Waals surface area contributed by atoms with Crippen molar-refractivity contribution in [1.82, 2.24) is 4.90 Å². The van der Waals surface area contributed by atoms with Crippen molar-refractivity contribution < 1.29 is 19.2 Å². The van der Waals surface area contributed by atoms with E-state index in [0.717, 1.165) is 5.57 Å². The van der Waals surface area contributed by atoms with Crippen LogP contribution in [0.1, 0.15) is 32.8 Å². The van der Waals surface area contributed by atoms with Crippen LogP contribution in [0, 0.1) is 10.1 Å². The Balaban J connectivity index is 1.90. The van der Waals surface area contributed by atoms with Gasteiger partial charge in [0.2, 0.25) is 0 Å². The van der Waals surface area contributed by atoms with Crippen LogP contribution in [0.2, 0.25) is 0 Å². The third kappa shape index (κ3) is 3.33. The number of hydrogen-bond acceptors (Lipinski definition) is 5. The summed E-state index contributed by atoms with van der Waals surface area (Å²) in [6.45, 7) is 6.10. The van der Waals surface area contributed by atoms with Crippen molar-refractivity contribution in [3.63, 3.8) is 0 Å². The van der Waals surface area contributed by atoms with Gasteiger partial charge in [0.1, 0.15) is 5.60 Å². The number of likely N-dealkylation sites (tertiary alicyclic amines) is 1. The van der Waals surface area contributed by atoms with Crippen LogP contribution in [-0.2, 0) is 9.53 Å².